The van der Waals surface area contributed by atoms with Gasteiger partial charge < -0.3 is 9.64 Å². The summed E-state index contributed by atoms with van der Waals surface area (Å²) in [7, 11) is 0. The number of anilines is 1. The second-order valence-electron chi connectivity index (χ2n) is 6.58. The summed E-state index contributed by atoms with van der Waals surface area (Å²) in [6.07, 6.45) is 7.79. The molecule has 2 aliphatic rings. The molecule has 0 radical (unpaired) electrons. The summed E-state index contributed by atoms with van der Waals surface area (Å²) in [5.74, 6) is 0.685. The fourth-order valence-corrected chi connectivity index (χ4v) is 3.92. The number of halogens is 1. The second-order valence-corrected chi connectivity index (χ2v) is 6.93. The molecule has 2 heterocycles. The Kier molecular flexibility index (Phi) is 4.57. The summed E-state index contributed by atoms with van der Waals surface area (Å²) in [4.78, 5) is 22.6. The quantitative estimate of drug-likeness (QED) is 0.755. The first-order valence-electron chi connectivity index (χ1n) is 8.79. The van der Waals surface area contributed by atoms with Gasteiger partial charge in [0.2, 0.25) is 5.88 Å². The summed E-state index contributed by atoms with van der Waals surface area (Å²) in [6, 6.07) is 8.33. The Morgan fingerprint density at radius 3 is 2.60 bits per heavy atom. The molecule has 0 saturated heterocycles. The molecule has 1 aromatic heterocycles. The molecule has 1 saturated carbocycles. The van der Waals surface area contributed by atoms with E-state index in [4.69, 9.17) is 16.3 Å². The van der Waals surface area contributed by atoms with Crippen LogP contribution in [0.5, 0.6) is 5.88 Å². The molecular formula is C19H20ClN3O2. The number of hydrogen-bond acceptors (Lipinski definition) is 4. The van der Waals surface area contributed by atoms with Crippen LogP contribution < -0.4 is 9.64 Å². The minimum atomic E-state index is -0.219. The maximum absolute atomic E-state index is 12.9. The van der Waals surface area contributed by atoms with Gasteiger partial charge in [-0.2, -0.15) is 0 Å². The lowest BCUT2D eigenvalue weighted by molar-refractivity contribution is 0.0989. The maximum atomic E-state index is 12.9. The van der Waals surface area contributed by atoms with Crippen LogP contribution in [0.1, 0.15) is 53.9 Å². The topological polar surface area (TPSA) is 55.3 Å². The molecule has 1 aliphatic carbocycles. The second kappa shape index (κ2) is 7.00. The van der Waals surface area contributed by atoms with E-state index in [1.54, 1.807) is 4.90 Å². The molecule has 1 amide bonds. The number of fused-ring (bicyclic) bond motifs is 1. The summed E-state index contributed by atoms with van der Waals surface area (Å²) < 4.78 is 5.57. The molecule has 0 N–H and O–H groups in total. The normalized spacial score (nSPS) is 18.4. The van der Waals surface area contributed by atoms with E-state index in [0.717, 1.165) is 5.69 Å². The van der Waals surface area contributed by atoms with Crippen LogP contribution in [0.4, 0.5) is 5.69 Å². The van der Waals surface area contributed by atoms with Gasteiger partial charge >= 0.3 is 0 Å². The Bertz CT molecular complexity index is 773. The average molecular weight is 358 g/mol. The van der Waals surface area contributed by atoms with Gasteiger partial charge in [0.1, 0.15) is 23.7 Å². The van der Waals surface area contributed by atoms with Crippen molar-refractivity contribution in [3.8, 4) is 5.88 Å². The molecule has 0 bridgehead atoms. The molecule has 1 aliphatic heterocycles. The van der Waals surface area contributed by atoms with Crippen LogP contribution in [0.2, 0.25) is 5.15 Å². The molecule has 2 aromatic rings. The lowest BCUT2D eigenvalue weighted by Crippen LogP contribution is -2.32. The summed E-state index contributed by atoms with van der Waals surface area (Å²) in [6.45, 7) is 0.824. The number of ether oxygens (including phenoxy) is 1. The largest absolute Gasteiger partial charge is 0.475 e. The molecule has 6 heteroatoms. The van der Waals surface area contributed by atoms with Crippen molar-refractivity contribution >= 4 is 23.2 Å². The third-order valence-corrected chi connectivity index (χ3v) is 5.35. The number of aromatic nitrogens is 2. The SMILES string of the molecule is O=C1c2c(Cl)ncnc2OCCN1c1ccc(C2CCCCC2)cc1. The number of carbonyl (C=O) groups excluding carboxylic acids is 1. The zero-order chi connectivity index (χ0) is 17.2. The average Bonchev–Trinajstić information content (AvgIpc) is 2.82. The van der Waals surface area contributed by atoms with E-state index in [9.17, 15) is 4.79 Å². The standard InChI is InChI=1S/C19H20ClN3O2/c20-17-16-18(22-12-21-17)25-11-10-23(19(16)24)15-8-6-14(7-9-15)13-4-2-1-3-5-13/h6-9,12-13H,1-5,10-11H2. The number of hydrogen-bond donors (Lipinski definition) is 0. The number of nitrogens with zero attached hydrogens (tertiary/aromatic N) is 3. The van der Waals surface area contributed by atoms with Crippen molar-refractivity contribution in [2.24, 2.45) is 0 Å². The fraction of sp³-hybridized carbons (Fsp3) is 0.421. The van der Waals surface area contributed by atoms with E-state index in [2.05, 4.69) is 22.1 Å². The third kappa shape index (κ3) is 3.21. The molecule has 0 spiro atoms. The highest BCUT2D eigenvalue weighted by molar-refractivity contribution is 6.33. The van der Waals surface area contributed by atoms with Crippen LogP contribution in [-0.2, 0) is 0 Å². The van der Waals surface area contributed by atoms with Gasteiger partial charge in [-0.1, -0.05) is 43.0 Å². The van der Waals surface area contributed by atoms with Gasteiger partial charge in [-0.25, -0.2) is 9.97 Å². The Morgan fingerprint density at radius 2 is 1.84 bits per heavy atom. The molecule has 1 aromatic carbocycles. The zero-order valence-electron chi connectivity index (χ0n) is 13.9. The van der Waals surface area contributed by atoms with Crippen molar-refractivity contribution in [2.45, 2.75) is 38.0 Å². The fourth-order valence-electron chi connectivity index (χ4n) is 3.72. The van der Waals surface area contributed by atoms with Gasteiger partial charge in [0.25, 0.3) is 5.91 Å². The molecule has 5 nitrogen and oxygen atoms in total. The van der Waals surface area contributed by atoms with E-state index >= 15 is 0 Å². The van der Waals surface area contributed by atoms with Crippen LogP contribution in [0, 0.1) is 0 Å². The molecule has 4 rings (SSSR count). The lowest BCUT2D eigenvalue weighted by Gasteiger charge is -2.24. The van der Waals surface area contributed by atoms with Crippen molar-refractivity contribution < 1.29 is 9.53 Å². The smallest absolute Gasteiger partial charge is 0.267 e. The van der Waals surface area contributed by atoms with Crippen molar-refractivity contribution in [2.75, 3.05) is 18.1 Å². The van der Waals surface area contributed by atoms with Gasteiger partial charge in [-0.05, 0) is 36.5 Å². The molecule has 0 unspecified atom stereocenters. The van der Waals surface area contributed by atoms with Crippen LogP contribution in [0.25, 0.3) is 0 Å². The number of rotatable bonds is 2. The summed E-state index contributed by atoms with van der Waals surface area (Å²) >= 11 is 6.11. The highest BCUT2D eigenvalue weighted by Crippen LogP contribution is 2.34. The van der Waals surface area contributed by atoms with Gasteiger partial charge in [0.05, 0.1) is 6.54 Å². The minimum absolute atomic E-state index is 0.126. The van der Waals surface area contributed by atoms with Gasteiger partial charge in [-0.15, -0.1) is 0 Å². The van der Waals surface area contributed by atoms with Crippen LogP contribution in [0.15, 0.2) is 30.6 Å². The van der Waals surface area contributed by atoms with E-state index in [1.165, 1.54) is 44.0 Å². The van der Waals surface area contributed by atoms with Gasteiger partial charge in [0, 0.05) is 5.69 Å². The number of carbonyl (C=O) groups is 1. The first-order valence-corrected chi connectivity index (χ1v) is 9.17. The number of benzene rings is 1. The van der Waals surface area contributed by atoms with E-state index in [1.807, 2.05) is 12.1 Å². The first-order chi connectivity index (χ1) is 12.2. The number of amides is 1. The van der Waals surface area contributed by atoms with E-state index in [0.29, 0.717) is 19.1 Å². The lowest BCUT2D eigenvalue weighted by atomic mass is 9.84. The summed E-state index contributed by atoms with van der Waals surface area (Å²) in [5, 5.41) is 0.126. The third-order valence-electron chi connectivity index (χ3n) is 5.06. The Morgan fingerprint density at radius 1 is 1.08 bits per heavy atom. The molecule has 0 atom stereocenters. The summed E-state index contributed by atoms with van der Waals surface area (Å²) in [5.41, 5.74) is 2.45. The Hall–Kier alpha value is -2.14. The predicted octanol–water partition coefficient (Wildman–Crippen LogP) is 4.22. The zero-order valence-corrected chi connectivity index (χ0v) is 14.7. The van der Waals surface area contributed by atoms with Crippen molar-refractivity contribution in [1.82, 2.24) is 9.97 Å². The first kappa shape index (κ1) is 16.3. The van der Waals surface area contributed by atoms with Gasteiger partial charge in [0.15, 0.2) is 0 Å². The highest BCUT2D eigenvalue weighted by Gasteiger charge is 2.29. The molecule has 130 valence electrons. The minimum Gasteiger partial charge on any atom is -0.475 e. The van der Waals surface area contributed by atoms with Crippen LogP contribution in [-0.4, -0.2) is 29.0 Å². The Labute approximate surface area is 152 Å². The predicted molar refractivity (Wildman–Crippen MR) is 96.5 cm³/mol. The van der Waals surface area contributed by atoms with E-state index < -0.39 is 0 Å². The Balaban J connectivity index is 1.61. The highest BCUT2D eigenvalue weighted by atomic mass is 35.5. The van der Waals surface area contributed by atoms with Gasteiger partial charge in [-0.3, -0.25) is 4.79 Å². The molecule has 1 fully saturated rings. The molecular weight excluding hydrogens is 338 g/mol. The maximum Gasteiger partial charge on any atom is 0.267 e. The van der Waals surface area contributed by atoms with Crippen LogP contribution >= 0.6 is 11.6 Å². The van der Waals surface area contributed by atoms with Crippen molar-refractivity contribution in [1.29, 1.82) is 0 Å². The van der Waals surface area contributed by atoms with Crippen molar-refractivity contribution in [3.63, 3.8) is 0 Å². The molecule has 25 heavy (non-hydrogen) atoms. The van der Waals surface area contributed by atoms with Crippen molar-refractivity contribution in [3.05, 3.63) is 46.9 Å². The van der Waals surface area contributed by atoms with Crippen LogP contribution in [0.3, 0.4) is 0 Å². The van der Waals surface area contributed by atoms with E-state index in [-0.39, 0.29) is 22.5 Å². The monoisotopic (exact) mass is 357 g/mol.